The molecule has 32 heavy (non-hydrogen) atoms. The molecule has 1 aliphatic rings. The molecule has 0 amide bonds. The second-order valence-corrected chi connectivity index (χ2v) is 8.26. The molecule has 0 unspecified atom stereocenters. The number of benzene rings is 2. The van der Waals surface area contributed by atoms with E-state index >= 15 is 0 Å². The van der Waals surface area contributed by atoms with Crippen molar-refractivity contribution < 1.29 is 4.74 Å². The van der Waals surface area contributed by atoms with Crippen LogP contribution < -0.4 is 5.56 Å². The van der Waals surface area contributed by atoms with Gasteiger partial charge in [-0.15, -0.1) is 5.10 Å². The van der Waals surface area contributed by atoms with Gasteiger partial charge in [-0.25, -0.2) is 4.68 Å². The highest BCUT2D eigenvalue weighted by Crippen LogP contribution is 2.28. The first-order valence-electron chi connectivity index (χ1n) is 10.9. The fourth-order valence-electron chi connectivity index (χ4n) is 4.36. The number of fused-ring (bicyclic) bond motifs is 1. The van der Waals surface area contributed by atoms with Crippen LogP contribution in [0.25, 0.3) is 10.9 Å². The predicted molar refractivity (Wildman–Crippen MR) is 122 cm³/mol. The molecule has 3 heterocycles. The van der Waals surface area contributed by atoms with Gasteiger partial charge < -0.3 is 9.72 Å². The Morgan fingerprint density at radius 1 is 1.09 bits per heavy atom. The summed E-state index contributed by atoms with van der Waals surface area (Å²) in [6.45, 7) is 7.25. The first-order chi connectivity index (χ1) is 15.6. The van der Waals surface area contributed by atoms with Crippen LogP contribution in [0.2, 0.25) is 0 Å². The van der Waals surface area contributed by atoms with Gasteiger partial charge in [0.05, 0.1) is 25.3 Å². The SMILES string of the molecule is Cc1ccc2cc([C@H](c3nnnn3Cc3ccccc3)N3CCOCC3)c(=O)[nH]c2c1C. The van der Waals surface area contributed by atoms with E-state index in [1.807, 2.05) is 43.3 Å². The fourth-order valence-corrected chi connectivity index (χ4v) is 4.36. The largest absolute Gasteiger partial charge is 0.379 e. The van der Waals surface area contributed by atoms with Gasteiger partial charge >= 0.3 is 0 Å². The number of nitrogens with one attached hydrogen (secondary N) is 1. The molecular formula is C24H26N6O2. The molecule has 1 atom stereocenters. The van der Waals surface area contributed by atoms with E-state index in [1.165, 1.54) is 0 Å². The molecule has 0 saturated carbocycles. The molecule has 8 heteroatoms. The summed E-state index contributed by atoms with van der Waals surface area (Å²) < 4.78 is 7.36. The van der Waals surface area contributed by atoms with Crippen molar-refractivity contribution in [2.75, 3.05) is 26.3 Å². The molecule has 4 aromatic rings. The Hall–Kier alpha value is -3.36. The Kier molecular flexibility index (Phi) is 5.55. The second-order valence-electron chi connectivity index (χ2n) is 8.26. The van der Waals surface area contributed by atoms with Crippen molar-refractivity contribution >= 4 is 10.9 Å². The van der Waals surface area contributed by atoms with E-state index in [0.717, 1.165) is 27.6 Å². The molecule has 1 saturated heterocycles. The molecule has 2 aromatic carbocycles. The average Bonchev–Trinajstić information content (AvgIpc) is 3.26. The highest BCUT2D eigenvalue weighted by molar-refractivity contribution is 5.83. The maximum atomic E-state index is 13.4. The zero-order valence-electron chi connectivity index (χ0n) is 18.3. The number of hydrogen-bond donors (Lipinski definition) is 1. The van der Waals surface area contributed by atoms with Gasteiger partial charge in [-0.2, -0.15) is 0 Å². The lowest BCUT2D eigenvalue weighted by atomic mass is 10.00. The number of tetrazole rings is 1. The number of rotatable bonds is 5. The number of aromatic nitrogens is 5. The standard InChI is InChI=1S/C24H26N6O2/c1-16-8-9-19-14-20(24(31)25-21(19)17(16)2)22(29-10-12-32-13-11-29)23-26-27-28-30(23)15-18-6-4-3-5-7-18/h3-9,14,22H,10-13,15H2,1-2H3,(H,25,31)/t22-/m1/s1. The first-order valence-corrected chi connectivity index (χ1v) is 10.9. The maximum absolute atomic E-state index is 13.4. The highest BCUT2D eigenvalue weighted by Gasteiger charge is 2.31. The van der Waals surface area contributed by atoms with Gasteiger partial charge in [-0.05, 0) is 52.4 Å². The van der Waals surface area contributed by atoms with Crippen LogP contribution >= 0.6 is 0 Å². The van der Waals surface area contributed by atoms with Crippen molar-refractivity contribution in [3.63, 3.8) is 0 Å². The quantitative estimate of drug-likeness (QED) is 0.524. The molecule has 5 rings (SSSR count). The number of nitrogens with zero attached hydrogens (tertiary/aromatic N) is 5. The number of aryl methyl sites for hydroxylation is 2. The summed E-state index contributed by atoms with van der Waals surface area (Å²) >= 11 is 0. The summed E-state index contributed by atoms with van der Waals surface area (Å²) in [6, 6.07) is 15.8. The summed E-state index contributed by atoms with van der Waals surface area (Å²) in [6.07, 6.45) is 0. The third-order valence-electron chi connectivity index (χ3n) is 6.26. The number of pyridine rings is 1. The minimum atomic E-state index is -0.368. The lowest BCUT2D eigenvalue weighted by Gasteiger charge is -2.33. The molecule has 0 bridgehead atoms. The van der Waals surface area contributed by atoms with E-state index in [4.69, 9.17) is 4.74 Å². The average molecular weight is 431 g/mol. The zero-order chi connectivity index (χ0) is 22.1. The van der Waals surface area contributed by atoms with Crippen molar-refractivity contribution in [3.05, 3.63) is 87.0 Å². The molecule has 0 spiro atoms. The van der Waals surface area contributed by atoms with Crippen LogP contribution in [0.4, 0.5) is 0 Å². The van der Waals surface area contributed by atoms with Crippen molar-refractivity contribution in [2.24, 2.45) is 0 Å². The Labute approximate surface area is 185 Å². The number of aromatic amines is 1. The molecule has 1 aliphatic heterocycles. The maximum Gasteiger partial charge on any atom is 0.253 e. The molecule has 8 nitrogen and oxygen atoms in total. The third-order valence-corrected chi connectivity index (χ3v) is 6.26. The number of hydrogen-bond acceptors (Lipinski definition) is 6. The molecule has 2 aromatic heterocycles. The minimum absolute atomic E-state index is 0.114. The first kappa shape index (κ1) is 20.5. The van der Waals surface area contributed by atoms with Crippen molar-refractivity contribution in [1.82, 2.24) is 30.1 Å². The van der Waals surface area contributed by atoms with Gasteiger partial charge in [0, 0.05) is 18.7 Å². The van der Waals surface area contributed by atoms with Gasteiger partial charge in [-0.3, -0.25) is 9.69 Å². The van der Waals surface area contributed by atoms with Crippen LogP contribution in [0.1, 0.15) is 34.1 Å². The van der Waals surface area contributed by atoms with E-state index < -0.39 is 0 Å². The van der Waals surface area contributed by atoms with Crippen LogP contribution in [0.3, 0.4) is 0 Å². The van der Waals surface area contributed by atoms with Crippen LogP contribution in [0.5, 0.6) is 0 Å². The number of morpholine rings is 1. The summed E-state index contributed by atoms with van der Waals surface area (Å²) in [5.41, 5.74) is 4.74. The number of ether oxygens (including phenoxy) is 1. The smallest absolute Gasteiger partial charge is 0.253 e. The Morgan fingerprint density at radius 3 is 2.66 bits per heavy atom. The van der Waals surface area contributed by atoms with Crippen LogP contribution in [-0.2, 0) is 11.3 Å². The molecule has 1 fully saturated rings. The Bertz CT molecular complexity index is 1290. The van der Waals surface area contributed by atoms with Gasteiger partial charge in [0.1, 0.15) is 6.04 Å². The van der Waals surface area contributed by atoms with Gasteiger partial charge in [-0.1, -0.05) is 42.5 Å². The van der Waals surface area contributed by atoms with Crippen LogP contribution in [0, 0.1) is 13.8 Å². The molecule has 0 aliphatic carbocycles. The summed E-state index contributed by atoms with van der Waals surface area (Å²) in [7, 11) is 0. The Morgan fingerprint density at radius 2 is 1.88 bits per heavy atom. The van der Waals surface area contributed by atoms with E-state index in [0.29, 0.717) is 44.2 Å². The Balaban J connectivity index is 1.64. The van der Waals surface area contributed by atoms with E-state index in [9.17, 15) is 4.79 Å². The normalized spacial score (nSPS) is 15.8. The van der Waals surface area contributed by atoms with E-state index in [1.54, 1.807) is 4.68 Å². The third kappa shape index (κ3) is 3.83. The lowest BCUT2D eigenvalue weighted by Crippen LogP contribution is -2.42. The second kappa shape index (κ2) is 8.64. The van der Waals surface area contributed by atoms with Gasteiger partial charge in [0.25, 0.3) is 5.56 Å². The lowest BCUT2D eigenvalue weighted by molar-refractivity contribution is 0.0214. The predicted octanol–water partition coefficient (Wildman–Crippen LogP) is 2.60. The topological polar surface area (TPSA) is 88.9 Å². The molecule has 164 valence electrons. The van der Waals surface area contributed by atoms with Crippen molar-refractivity contribution in [3.8, 4) is 0 Å². The summed E-state index contributed by atoms with van der Waals surface area (Å²) in [4.78, 5) is 18.7. The number of H-pyrrole nitrogens is 1. The fraction of sp³-hybridized carbons (Fsp3) is 0.333. The van der Waals surface area contributed by atoms with Gasteiger partial charge in [0.15, 0.2) is 5.82 Å². The van der Waals surface area contributed by atoms with E-state index in [-0.39, 0.29) is 11.6 Å². The monoisotopic (exact) mass is 430 g/mol. The van der Waals surface area contributed by atoms with E-state index in [2.05, 4.69) is 44.5 Å². The minimum Gasteiger partial charge on any atom is -0.379 e. The highest BCUT2D eigenvalue weighted by atomic mass is 16.5. The van der Waals surface area contributed by atoms with Crippen molar-refractivity contribution in [2.45, 2.75) is 26.4 Å². The molecule has 1 N–H and O–H groups in total. The molecular weight excluding hydrogens is 404 g/mol. The summed E-state index contributed by atoms with van der Waals surface area (Å²) in [5, 5.41) is 13.6. The van der Waals surface area contributed by atoms with Gasteiger partial charge in [0.2, 0.25) is 0 Å². The molecule has 0 radical (unpaired) electrons. The zero-order valence-corrected chi connectivity index (χ0v) is 18.3. The van der Waals surface area contributed by atoms with Crippen molar-refractivity contribution in [1.29, 1.82) is 0 Å². The van der Waals surface area contributed by atoms with Crippen LogP contribution in [0.15, 0.2) is 53.3 Å². The summed E-state index contributed by atoms with van der Waals surface area (Å²) in [5.74, 6) is 0.657. The van der Waals surface area contributed by atoms with Crippen LogP contribution in [-0.4, -0.2) is 56.4 Å².